The van der Waals surface area contributed by atoms with Crippen LogP contribution in [0.3, 0.4) is 0 Å². The Bertz CT molecular complexity index is 506. The average Bonchev–Trinajstić information content (AvgIpc) is 2.57. The Balaban J connectivity index is 1.47. The molecule has 23 heavy (non-hydrogen) atoms. The molecule has 0 radical (unpaired) electrons. The standard InChI is InChI=1S/C20H33N3/c1-16-7-6-9-20(17(16)2)23-13-10-18(11-14-23)21-15-19-8-4-5-12-22(19)3/h6-7,9,18-19,21H,4-5,8,10-15H2,1-3H3. The van der Waals surface area contributed by atoms with E-state index < -0.39 is 0 Å². The van der Waals surface area contributed by atoms with Crippen LogP contribution in [0.1, 0.15) is 43.2 Å². The molecule has 3 rings (SSSR count). The van der Waals surface area contributed by atoms with Crippen LogP contribution >= 0.6 is 0 Å². The first-order valence-electron chi connectivity index (χ1n) is 9.40. The van der Waals surface area contributed by atoms with Crippen LogP contribution in [0.2, 0.25) is 0 Å². The summed E-state index contributed by atoms with van der Waals surface area (Å²) in [6.45, 7) is 9.29. The Hall–Kier alpha value is -1.06. The zero-order valence-corrected chi connectivity index (χ0v) is 15.1. The lowest BCUT2D eigenvalue weighted by Crippen LogP contribution is -2.49. The van der Waals surface area contributed by atoms with Gasteiger partial charge in [-0.3, -0.25) is 0 Å². The zero-order valence-electron chi connectivity index (χ0n) is 15.1. The number of hydrogen-bond acceptors (Lipinski definition) is 3. The van der Waals surface area contributed by atoms with Gasteiger partial charge < -0.3 is 15.1 Å². The lowest BCUT2D eigenvalue weighted by molar-refractivity contribution is 0.175. The van der Waals surface area contributed by atoms with Crippen molar-refractivity contribution in [3.8, 4) is 0 Å². The summed E-state index contributed by atoms with van der Waals surface area (Å²) >= 11 is 0. The van der Waals surface area contributed by atoms with Crippen molar-refractivity contribution in [1.82, 2.24) is 10.2 Å². The maximum atomic E-state index is 3.85. The fourth-order valence-corrected chi connectivity index (χ4v) is 4.11. The largest absolute Gasteiger partial charge is 0.371 e. The van der Waals surface area contributed by atoms with Crippen molar-refractivity contribution in [2.45, 2.75) is 58.0 Å². The first-order chi connectivity index (χ1) is 11.1. The predicted molar refractivity (Wildman–Crippen MR) is 99.4 cm³/mol. The van der Waals surface area contributed by atoms with Gasteiger partial charge in [0.15, 0.2) is 0 Å². The van der Waals surface area contributed by atoms with Gasteiger partial charge in [-0.1, -0.05) is 18.6 Å². The molecule has 0 spiro atoms. The van der Waals surface area contributed by atoms with Crippen molar-refractivity contribution in [3.63, 3.8) is 0 Å². The van der Waals surface area contributed by atoms with Crippen LogP contribution in [-0.4, -0.2) is 50.2 Å². The van der Waals surface area contributed by atoms with E-state index in [9.17, 15) is 0 Å². The van der Waals surface area contributed by atoms with Gasteiger partial charge in [-0.25, -0.2) is 0 Å². The summed E-state index contributed by atoms with van der Waals surface area (Å²) in [5, 5.41) is 3.85. The molecule has 0 bridgehead atoms. The number of benzene rings is 1. The number of nitrogens with zero attached hydrogens (tertiary/aromatic N) is 2. The number of nitrogens with one attached hydrogen (secondary N) is 1. The number of piperidine rings is 2. The molecular formula is C20H33N3. The van der Waals surface area contributed by atoms with Crippen molar-refractivity contribution >= 4 is 5.69 Å². The third-order valence-electron chi connectivity index (χ3n) is 5.98. The van der Waals surface area contributed by atoms with Crippen molar-refractivity contribution in [1.29, 1.82) is 0 Å². The van der Waals surface area contributed by atoms with E-state index in [1.807, 2.05) is 0 Å². The van der Waals surface area contributed by atoms with Crippen molar-refractivity contribution in [3.05, 3.63) is 29.3 Å². The van der Waals surface area contributed by atoms with Crippen LogP contribution in [0, 0.1) is 13.8 Å². The second kappa shape index (κ2) is 7.67. The number of likely N-dealkylation sites (N-methyl/N-ethyl adjacent to an activating group) is 1. The van der Waals surface area contributed by atoms with Gasteiger partial charge in [0, 0.05) is 37.4 Å². The molecule has 0 amide bonds. The van der Waals surface area contributed by atoms with E-state index >= 15 is 0 Å². The van der Waals surface area contributed by atoms with Crippen LogP contribution < -0.4 is 10.2 Å². The number of hydrogen-bond donors (Lipinski definition) is 1. The molecule has 0 aromatic heterocycles. The smallest absolute Gasteiger partial charge is 0.0398 e. The molecule has 3 heteroatoms. The summed E-state index contributed by atoms with van der Waals surface area (Å²) in [6.07, 6.45) is 6.68. The summed E-state index contributed by atoms with van der Waals surface area (Å²) < 4.78 is 0. The third kappa shape index (κ3) is 4.07. The van der Waals surface area contributed by atoms with E-state index in [1.165, 1.54) is 75.1 Å². The quantitative estimate of drug-likeness (QED) is 0.919. The second-order valence-electron chi connectivity index (χ2n) is 7.52. The summed E-state index contributed by atoms with van der Waals surface area (Å²) in [6, 6.07) is 8.15. The fourth-order valence-electron chi connectivity index (χ4n) is 4.11. The zero-order chi connectivity index (χ0) is 16.2. The minimum Gasteiger partial charge on any atom is -0.371 e. The fraction of sp³-hybridized carbons (Fsp3) is 0.700. The van der Waals surface area contributed by atoms with Crippen molar-refractivity contribution in [2.75, 3.05) is 38.1 Å². The van der Waals surface area contributed by atoms with Gasteiger partial charge in [0.25, 0.3) is 0 Å². The molecule has 3 nitrogen and oxygen atoms in total. The third-order valence-corrected chi connectivity index (χ3v) is 5.98. The number of aryl methyl sites for hydroxylation is 1. The van der Waals surface area contributed by atoms with E-state index in [0.29, 0.717) is 6.04 Å². The molecule has 1 unspecified atom stereocenters. The van der Waals surface area contributed by atoms with Crippen molar-refractivity contribution < 1.29 is 0 Å². The molecule has 1 aromatic carbocycles. The summed E-state index contributed by atoms with van der Waals surface area (Å²) in [5.41, 5.74) is 4.29. The lowest BCUT2D eigenvalue weighted by Gasteiger charge is -2.37. The molecule has 128 valence electrons. The van der Waals surface area contributed by atoms with Crippen molar-refractivity contribution in [2.24, 2.45) is 0 Å². The maximum Gasteiger partial charge on any atom is 0.0398 e. The van der Waals surface area contributed by atoms with Gasteiger partial charge in [0.2, 0.25) is 0 Å². The van der Waals surface area contributed by atoms with Gasteiger partial charge in [-0.15, -0.1) is 0 Å². The van der Waals surface area contributed by atoms with Gasteiger partial charge in [-0.2, -0.15) is 0 Å². The van der Waals surface area contributed by atoms with E-state index in [0.717, 1.165) is 6.04 Å². The highest BCUT2D eigenvalue weighted by molar-refractivity contribution is 5.56. The minimum absolute atomic E-state index is 0.701. The number of anilines is 1. The van der Waals surface area contributed by atoms with Gasteiger partial charge >= 0.3 is 0 Å². The van der Waals surface area contributed by atoms with E-state index in [1.54, 1.807) is 0 Å². The Morgan fingerprint density at radius 2 is 1.83 bits per heavy atom. The maximum absolute atomic E-state index is 3.85. The predicted octanol–water partition coefficient (Wildman–Crippen LogP) is 3.35. The number of rotatable bonds is 4. The van der Waals surface area contributed by atoms with Gasteiger partial charge in [0.1, 0.15) is 0 Å². The topological polar surface area (TPSA) is 18.5 Å². The highest BCUT2D eigenvalue weighted by atomic mass is 15.2. The molecule has 2 heterocycles. The molecule has 0 aliphatic carbocycles. The highest BCUT2D eigenvalue weighted by Gasteiger charge is 2.23. The van der Waals surface area contributed by atoms with Gasteiger partial charge in [0.05, 0.1) is 0 Å². The molecule has 2 aliphatic rings. The first kappa shape index (κ1) is 16.8. The van der Waals surface area contributed by atoms with E-state index in [4.69, 9.17) is 0 Å². The van der Waals surface area contributed by atoms with E-state index in [2.05, 4.69) is 54.2 Å². The normalized spacial score (nSPS) is 24.1. The summed E-state index contributed by atoms with van der Waals surface area (Å²) in [7, 11) is 2.29. The molecule has 1 N–H and O–H groups in total. The number of likely N-dealkylation sites (tertiary alicyclic amines) is 1. The summed E-state index contributed by atoms with van der Waals surface area (Å²) in [4.78, 5) is 5.12. The SMILES string of the molecule is Cc1cccc(N2CCC(NCC3CCCCN3C)CC2)c1C. The van der Waals surface area contributed by atoms with Crippen LogP contribution in [0.25, 0.3) is 0 Å². The van der Waals surface area contributed by atoms with Gasteiger partial charge in [-0.05, 0) is 70.3 Å². The average molecular weight is 316 g/mol. The van der Waals surface area contributed by atoms with E-state index in [-0.39, 0.29) is 0 Å². The minimum atomic E-state index is 0.701. The molecule has 2 aliphatic heterocycles. The second-order valence-corrected chi connectivity index (χ2v) is 7.52. The van der Waals surface area contributed by atoms with Crippen LogP contribution in [-0.2, 0) is 0 Å². The Morgan fingerprint density at radius 3 is 2.57 bits per heavy atom. The van der Waals surface area contributed by atoms with Crippen LogP contribution in [0.15, 0.2) is 18.2 Å². The van der Waals surface area contributed by atoms with Crippen LogP contribution in [0.5, 0.6) is 0 Å². The Labute approximate surface area is 142 Å². The van der Waals surface area contributed by atoms with Crippen LogP contribution in [0.4, 0.5) is 5.69 Å². The lowest BCUT2D eigenvalue weighted by atomic mass is 9.99. The monoisotopic (exact) mass is 315 g/mol. The Morgan fingerprint density at radius 1 is 1.04 bits per heavy atom. The first-order valence-corrected chi connectivity index (χ1v) is 9.40. The molecular weight excluding hydrogens is 282 g/mol. The molecule has 2 saturated heterocycles. The Kier molecular flexibility index (Phi) is 5.60. The highest BCUT2D eigenvalue weighted by Crippen LogP contribution is 2.26. The molecule has 1 atom stereocenters. The molecule has 0 saturated carbocycles. The summed E-state index contributed by atoms with van der Waals surface area (Å²) in [5.74, 6) is 0. The molecule has 1 aromatic rings. The molecule has 2 fully saturated rings.